The van der Waals surface area contributed by atoms with E-state index in [1.165, 1.54) is 0 Å². The summed E-state index contributed by atoms with van der Waals surface area (Å²) in [7, 11) is 3.60. The predicted octanol–water partition coefficient (Wildman–Crippen LogP) is 0.500. The van der Waals surface area contributed by atoms with E-state index in [0.29, 0.717) is 19.4 Å². The van der Waals surface area contributed by atoms with Crippen LogP contribution in [-0.4, -0.2) is 45.4 Å². The van der Waals surface area contributed by atoms with Gasteiger partial charge in [-0.05, 0) is 25.8 Å². The van der Waals surface area contributed by atoms with Crippen molar-refractivity contribution in [2.75, 3.05) is 13.6 Å². The van der Waals surface area contributed by atoms with Gasteiger partial charge in [-0.25, -0.2) is 0 Å². The highest BCUT2D eigenvalue weighted by atomic mass is 16.3. The zero-order valence-corrected chi connectivity index (χ0v) is 11.0. The Morgan fingerprint density at radius 3 is 2.76 bits per heavy atom. The number of aliphatic hydroxyl groups excluding tert-OH is 1. The van der Waals surface area contributed by atoms with E-state index in [0.717, 1.165) is 11.3 Å². The van der Waals surface area contributed by atoms with Crippen LogP contribution in [0.2, 0.25) is 0 Å². The molecule has 1 unspecified atom stereocenters. The molecule has 17 heavy (non-hydrogen) atoms. The second kappa shape index (κ2) is 5.82. The van der Waals surface area contributed by atoms with Crippen LogP contribution >= 0.6 is 0 Å². The maximum Gasteiger partial charge on any atom is 0.222 e. The lowest BCUT2D eigenvalue weighted by atomic mass is 10.1. The van der Waals surface area contributed by atoms with Crippen LogP contribution in [0.5, 0.6) is 0 Å². The molecule has 1 aromatic heterocycles. The minimum absolute atomic E-state index is 0.0501. The number of aromatic nitrogens is 2. The van der Waals surface area contributed by atoms with Crippen molar-refractivity contribution in [1.29, 1.82) is 0 Å². The van der Waals surface area contributed by atoms with Gasteiger partial charge in [0.2, 0.25) is 5.91 Å². The Balaban J connectivity index is 2.45. The first-order valence-corrected chi connectivity index (χ1v) is 5.81. The maximum absolute atomic E-state index is 11.8. The predicted molar refractivity (Wildman–Crippen MR) is 65.6 cm³/mol. The SMILES string of the molecule is Cc1c(CCC(=O)N(C)CC(C)O)cnn1C. The van der Waals surface area contributed by atoms with Gasteiger partial charge < -0.3 is 10.0 Å². The largest absolute Gasteiger partial charge is 0.392 e. The fourth-order valence-electron chi connectivity index (χ4n) is 1.72. The first kappa shape index (κ1) is 13.7. The smallest absolute Gasteiger partial charge is 0.222 e. The summed E-state index contributed by atoms with van der Waals surface area (Å²) in [5.74, 6) is 0.0501. The average Bonchev–Trinajstić information content (AvgIpc) is 2.55. The summed E-state index contributed by atoms with van der Waals surface area (Å²) >= 11 is 0. The molecule has 1 N–H and O–H groups in total. The molecule has 96 valence electrons. The molecule has 0 bridgehead atoms. The number of carbonyl (C=O) groups is 1. The number of hydrogen-bond donors (Lipinski definition) is 1. The highest BCUT2D eigenvalue weighted by molar-refractivity contribution is 5.76. The quantitative estimate of drug-likeness (QED) is 0.814. The van der Waals surface area contributed by atoms with Crippen LogP contribution in [0, 0.1) is 6.92 Å². The summed E-state index contributed by atoms with van der Waals surface area (Å²) in [4.78, 5) is 13.3. The summed E-state index contributed by atoms with van der Waals surface area (Å²) in [5.41, 5.74) is 2.20. The van der Waals surface area contributed by atoms with Crippen molar-refractivity contribution in [3.05, 3.63) is 17.5 Å². The van der Waals surface area contributed by atoms with Crippen LogP contribution in [-0.2, 0) is 18.3 Å². The molecule has 0 aliphatic carbocycles. The Hall–Kier alpha value is -1.36. The third-order valence-corrected chi connectivity index (χ3v) is 2.91. The van der Waals surface area contributed by atoms with E-state index in [1.807, 2.05) is 14.0 Å². The highest BCUT2D eigenvalue weighted by Gasteiger charge is 2.12. The number of carbonyl (C=O) groups excluding carboxylic acids is 1. The molecule has 0 radical (unpaired) electrons. The minimum Gasteiger partial charge on any atom is -0.392 e. The molecule has 5 heteroatoms. The van der Waals surface area contributed by atoms with E-state index in [-0.39, 0.29) is 5.91 Å². The number of aryl methyl sites for hydroxylation is 2. The van der Waals surface area contributed by atoms with Gasteiger partial charge in [-0.1, -0.05) is 0 Å². The molecule has 0 aliphatic rings. The van der Waals surface area contributed by atoms with Crippen molar-refractivity contribution in [3.8, 4) is 0 Å². The molecule has 1 aromatic rings. The van der Waals surface area contributed by atoms with Crippen LogP contribution < -0.4 is 0 Å². The van der Waals surface area contributed by atoms with Crippen molar-refractivity contribution in [2.45, 2.75) is 32.8 Å². The number of rotatable bonds is 5. The molecule has 0 saturated carbocycles. The lowest BCUT2D eigenvalue weighted by molar-refractivity contribution is -0.131. The van der Waals surface area contributed by atoms with Crippen LogP contribution in [0.25, 0.3) is 0 Å². The van der Waals surface area contributed by atoms with Crippen LogP contribution in [0.1, 0.15) is 24.6 Å². The molecule has 1 heterocycles. The lowest BCUT2D eigenvalue weighted by Crippen LogP contribution is -2.33. The van der Waals surface area contributed by atoms with Crippen molar-refractivity contribution < 1.29 is 9.90 Å². The Labute approximate surface area is 102 Å². The molecule has 1 atom stereocenters. The number of nitrogens with zero attached hydrogens (tertiary/aromatic N) is 3. The number of hydrogen-bond acceptors (Lipinski definition) is 3. The second-order valence-corrected chi connectivity index (χ2v) is 4.50. The van der Waals surface area contributed by atoms with Gasteiger partial charge in [0.15, 0.2) is 0 Å². The molecular weight excluding hydrogens is 218 g/mol. The molecule has 0 aliphatic heterocycles. The molecule has 0 aromatic carbocycles. The van der Waals surface area contributed by atoms with E-state index in [9.17, 15) is 9.90 Å². The standard InChI is InChI=1S/C12H21N3O2/c1-9(16)8-14(3)12(17)6-5-11-7-13-15(4)10(11)2/h7,9,16H,5-6,8H2,1-4H3. The van der Waals surface area contributed by atoms with E-state index >= 15 is 0 Å². The van der Waals surface area contributed by atoms with E-state index in [4.69, 9.17) is 0 Å². The van der Waals surface area contributed by atoms with Crippen molar-refractivity contribution in [3.63, 3.8) is 0 Å². The van der Waals surface area contributed by atoms with Gasteiger partial charge in [-0.3, -0.25) is 9.48 Å². The Morgan fingerprint density at radius 1 is 1.65 bits per heavy atom. The van der Waals surface area contributed by atoms with Gasteiger partial charge in [0.25, 0.3) is 0 Å². The molecule has 0 saturated heterocycles. The number of amides is 1. The van der Waals surface area contributed by atoms with E-state index in [2.05, 4.69) is 5.10 Å². The van der Waals surface area contributed by atoms with Gasteiger partial charge in [0.1, 0.15) is 0 Å². The lowest BCUT2D eigenvalue weighted by Gasteiger charge is -2.18. The number of aliphatic hydroxyl groups is 1. The van der Waals surface area contributed by atoms with Gasteiger partial charge in [-0.15, -0.1) is 0 Å². The van der Waals surface area contributed by atoms with Gasteiger partial charge in [-0.2, -0.15) is 5.10 Å². The van der Waals surface area contributed by atoms with Gasteiger partial charge in [0.05, 0.1) is 12.3 Å². The first-order valence-electron chi connectivity index (χ1n) is 5.81. The fourth-order valence-corrected chi connectivity index (χ4v) is 1.72. The second-order valence-electron chi connectivity index (χ2n) is 4.50. The third kappa shape index (κ3) is 3.85. The Bertz CT molecular complexity index is 385. The number of likely N-dealkylation sites (N-methyl/N-ethyl adjacent to an activating group) is 1. The molecule has 1 amide bonds. The summed E-state index contributed by atoms with van der Waals surface area (Å²) in [6, 6.07) is 0. The summed E-state index contributed by atoms with van der Waals surface area (Å²) in [6.45, 7) is 4.05. The molecular formula is C12H21N3O2. The summed E-state index contributed by atoms with van der Waals surface area (Å²) in [5, 5.41) is 13.3. The average molecular weight is 239 g/mol. The van der Waals surface area contributed by atoms with Crippen LogP contribution in [0.3, 0.4) is 0 Å². The van der Waals surface area contributed by atoms with Gasteiger partial charge >= 0.3 is 0 Å². The Morgan fingerprint density at radius 2 is 2.29 bits per heavy atom. The van der Waals surface area contributed by atoms with E-state index < -0.39 is 6.10 Å². The highest BCUT2D eigenvalue weighted by Crippen LogP contribution is 2.09. The van der Waals surface area contributed by atoms with Crippen LogP contribution in [0.15, 0.2) is 6.20 Å². The van der Waals surface area contributed by atoms with Crippen molar-refractivity contribution in [1.82, 2.24) is 14.7 Å². The first-order chi connectivity index (χ1) is 7.91. The molecule has 5 nitrogen and oxygen atoms in total. The topological polar surface area (TPSA) is 58.4 Å². The minimum atomic E-state index is -0.482. The zero-order valence-electron chi connectivity index (χ0n) is 11.0. The maximum atomic E-state index is 11.8. The van der Waals surface area contributed by atoms with E-state index in [1.54, 1.807) is 29.7 Å². The molecule has 1 rings (SSSR count). The third-order valence-electron chi connectivity index (χ3n) is 2.91. The van der Waals surface area contributed by atoms with Crippen LogP contribution in [0.4, 0.5) is 0 Å². The monoisotopic (exact) mass is 239 g/mol. The zero-order chi connectivity index (χ0) is 13.0. The Kier molecular flexibility index (Phi) is 4.69. The van der Waals surface area contributed by atoms with Crippen molar-refractivity contribution in [2.24, 2.45) is 7.05 Å². The van der Waals surface area contributed by atoms with Crippen molar-refractivity contribution >= 4 is 5.91 Å². The summed E-state index contributed by atoms with van der Waals surface area (Å²) in [6.07, 6.45) is 2.47. The summed E-state index contributed by atoms with van der Waals surface area (Å²) < 4.78 is 1.80. The normalized spacial score (nSPS) is 12.5. The molecule has 0 spiro atoms. The fraction of sp³-hybridized carbons (Fsp3) is 0.667. The molecule has 0 fully saturated rings. The van der Waals surface area contributed by atoms with Gasteiger partial charge in [0, 0.05) is 32.8 Å².